The van der Waals surface area contributed by atoms with E-state index in [1.165, 1.54) is 6.33 Å². The lowest BCUT2D eigenvalue weighted by atomic mass is 10.2. The highest BCUT2D eigenvalue weighted by molar-refractivity contribution is 5.90. The predicted octanol–water partition coefficient (Wildman–Crippen LogP) is 0.430. The third-order valence-electron chi connectivity index (χ3n) is 2.58. The second-order valence-electron chi connectivity index (χ2n) is 4.04. The summed E-state index contributed by atoms with van der Waals surface area (Å²) in [6, 6.07) is 3.68. The van der Waals surface area contributed by atoms with Crippen molar-refractivity contribution in [3.05, 3.63) is 36.3 Å². The van der Waals surface area contributed by atoms with E-state index in [-0.39, 0.29) is 17.8 Å². The summed E-state index contributed by atoms with van der Waals surface area (Å²) in [5.41, 5.74) is 0. The standard InChI is InChI=1S/C11H15N5O2/c1-16(2)8(9-4-3-5-18-9)6-12-11(17)10-13-7-14-15-10/h3-5,7-8H,6H2,1-2H3,(H,12,17)(H,13,14,15). The quantitative estimate of drug-likeness (QED) is 0.802. The highest BCUT2D eigenvalue weighted by Crippen LogP contribution is 2.17. The molecule has 0 aliphatic carbocycles. The molecule has 1 atom stereocenters. The first-order valence-corrected chi connectivity index (χ1v) is 5.52. The monoisotopic (exact) mass is 249 g/mol. The summed E-state index contributed by atoms with van der Waals surface area (Å²) in [6.07, 6.45) is 2.91. The van der Waals surface area contributed by atoms with Crippen LogP contribution in [0.25, 0.3) is 0 Å². The first-order valence-electron chi connectivity index (χ1n) is 5.52. The van der Waals surface area contributed by atoms with Gasteiger partial charge in [0.2, 0.25) is 5.82 Å². The van der Waals surface area contributed by atoms with Crippen LogP contribution in [0.3, 0.4) is 0 Å². The van der Waals surface area contributed by atoms with Gasteiger partial charge < -0.3 is 9.73 Å². The number of carbonyl (C=O) groups is 1. The topological polar surface area (TPSA) is 87.0 Å². The molecule has 2 aromatic heterocycles. The van der Waals surface area contributed by atoms with Crippen LogP contribution in [0, 0.1) is 0 Å². The van der Waals surface area contributed by atoms with Crippen LogP contribution in [0.15, 0.2) is 29.1 Å². The Balaban J connectivity index is 1.97. The van der Waals surface area contributed by atoms with Crippen LogP contribution in [0.4, 0.5) is 0 Å². The van der Waals surface area contributed by atoms with Crippen molar-refractivity contribution in [2.24, 2.45) is 0 Å². The maximum absolute atomic E-state index is 11.7. The van der Waals surface area contributed by atoms with Gasteiger partial charge in [0.25, 0.3) is 5.91 Å². The molecule has 0 fully saturated rings. The number of nitrogens with zero attached hydrogens (tertiary/aromatic N) is 3. The van der Waals surface area contributed by atoms with E-state index in [1.807, 2.05) is 31.1 Å². The fourth-order valence-electron chi connectivity index (χ4n) is 1.61. The number of nitrogens with one attached hydrogen (secondary N) is 2. The van der Waals surface area contributed by atoms with E-state index in [2.05, 4.69) is 20.5 Å². The first-order chi connectivity index (χ1) is 8.68. The van der Waals surface area contributed by atoms with Crippen molar-refractivity contribution in [3.63, 3.8) is 0 Å². The lowest BCUT2D eigenvalue weighted by Crippen LogP contribution is -2.34. The van der Waals surface area contributed by atoms with Crippen molar-refractivity contribution in [1.29, 1.82) is 0 Å². The Morgan fingerprint density at radius 3 is 3.00 bits per heavy atom. The minimum atomic E-state index is -0.286. The lowest BCUT2D eigenvalue weighted by Gasteiger charge is -2.22. The van der Waals surface area contributed by atoms with Crippen LogP contribution in [-0.2, 0) is 0 Å². The number of likely N-dealkylation sites (N-methyl/N-ethyl adjacent to an activating group) is 1. The SMILES string of the molecule is CN(C)C(CNC(=O)c1ncn[nH]1)c1ccco1. The molecule has 2 N–H and O–H groups in total. The number of carbonyl (C=O) groups excluding carboxylic acids is 1. The number of H-pyrrole nitrogens is 1. The maximum Gasteiger partial charge on any atom is 0.288 e. The summed E-state index contributed by atoms with van der Waals surface area (Å²) >= 11 is 0. The van der Waals surface area contributed by atoms with Gasteiger partial charge in [-0.25, -0.2) is 4.98 Å². The largest absolute Gasteiger partial charge is 0.468 e. The van der Waals surface area contributed by atoms with E-state index in [9.17, 15) is 4.79 Å². The van der Waals surface area contributed by atoms with Crippen LogP contribution in [0.5, 0.6) is 0 Å². The van der Waals surface area contributed by atoms with Crippen molar-refractivity contribution < 1.29 is 9.21 Å². The first kappa shape index (κ1) is 12.3. The number of hydrogen-bond donors (Lipinski definition) is 2. The van der Waals surface area contributed by atoms with Crippen molar-refractivity contribution in [2.75, 3.05) is 20.6 Å². The van der Waals surface area contributed by atoms with Gasteiger partial charge in [-0.2, -0.15) is 5.10 Å². The Hall–Kier alpha value is -2.15. The summed E-state index contributed by atoms with van der Waals surface area (Å²) in [5, 5.41) is 8.92. The van der Waals surface area contributed by atoms with Crippen molar-refractivity contribution in [3.8, 4) is 0 Å². The summed E-state index contributed by atoms with van der Waals surface area (Å²) < 4.78 is 5.35. The summed E-state index contributed by atoms with van der Waals surface area (Å²) in [5.74, 6) is 0.718. The maximum atomic E-state index is 11.7. The van der Waals surface area contributed by atoms with Crippen molar-refractivity contribution in [1.82, 2.24) is 25.4 Å². The number of amides is 1. The molecule has 2 rings (SSSR count). The van der Waals surface area contributed by atoms with Gasteiger partial charge in [0.1, 0.15) is 12.1 Å². The fourth-order valence-corrected chi connectivity index (χ4v) is 1.61. The molecule has 0 bridgehead atoms. The minimum Gasteiger partial charge on any atom is -0.468 e. The van der Waals surface area contributed by atoms with Gasteiger partial charge in [0.15, 0.2) is 0 Å². The smallest absolute Gasteiger partial charge is 0.288 e. The van der Waals surface area contributed by atoms with Crippen LogP contribution < -0.4 is 5.32 Å². The molecule has 0 saturated heterocycles. The Kier molecular flexibility index (Phi) is 3.73. The zero-order valence-corrected chi connectivity index (χ0v) is 10.3. The van der Waals surface area contributed by atoms with E-state index in [1.54, 1.807) is 6.26 Å². The minimum absolute atomic E-state index is 0.0214. The fraction of sp³-hybridized carbons (Fsp3) is 0.364. The number of aromatic amines is 1. The summed E-state index contributed by atoms with van der Waals surface area (Å²) in [6.45, 7) is 0.431. The number of hydrogen-bond acceptors (Lipinski definition) is 5. The van der Waals surface area contributed by atoms with Gasteiger partial charge >= 0.3 is 0 Å². The van der Waals surface area contributed by atoms with E-state index in [0.717, 1.165) is 5.76 Å². The lowest BCUT2D eigenvalue weighted by molar-refractivity contribution is 0.0929. The molecule has 96 valence electrons. The average Bonchev–Trinajstić information content (AvgIpc) is 3.01. The highest BCUT2D eigenvalue weighted by Gasteiger charge is 2.18. The van der Waals surface area contributed by atoms with Gasteiger partial charge in [-0.05, 0) is 26.2 Å². The van der Waals surface area contributed by atoms with Gasteiger partial charge in [-0.1, -0.05) is 0 Å². The van der Waals surface area contributed by atoms with Crippen LogP contribution in [-0.4, -0.2) is 46.6 Å². The Bertz CT molecular complexity index is 478. The molecule has 2 aromatic rings. The second kappa shape index (κ2) is 5.46. The van der Waals surface area contributed by atoms with Gasteiger partial charge in [0.05, 0.1) is 12.3 Å². The van der Waals surface area contributed by atoms with Crippen LogP contribution in [0.2, 0.25) is 0 Å². The highest BCUT2D eigenvalue weighted by atomic mass is 16.3. The molecule has 0 spiro atoms. The normalized spacial score (nSPS) is 12.6. The average molecular weight is 249 g/mol. The molecule has 18 heavy (non-hydrogen) atoms. The molecular weight excluding hydrogens is 234 g/mol. The van der Waals surface area contributed by atoms with E-state index in [4.69, 9.17) is 4.42 Å². The molecule has 1 amide bonds. The molecule has 0 aliphatic heterocycles. The third kappa shape index (κ3) is 2.75. The predicted molar refractivity (Wildman–Crippen MR) is 63.9 cm³/mol. The van der Waals surface area contributed by atoms with Crippen LogP contribution >= 0.6 is 0 Å². The summed E-state index contributed by atoms with van der Waals surface area (Å²) in [7, 11) is 3.85. The molecule has 2 heterocycles. The van der Waals surface area contributed by atoms with Gasteiger partial charge in [0, 0.05) is 6.54 Å². The van der Waals surface area contributed by atoms with Gasteiger partial charge in [-0.15, -0.1) is 0 Å². The van der Waals surface area contributed by atoms with Crippen molar-refractivity contribution >= 4 is 5.91 Å². The molecule has 0 radical (unpaired) electrons. The number of aromatic nitrogens is 3. The molecular formula is C11H15N5O2. The van der Waals surface area contributed by atoms with E-state index < -0.39 is 0 Å². The van der Waals surface area contributed by atoms with E-state index in [0.29, 0.717) is 6.54 Å². The summed E-state index contributed by atoms with van der Waals surface area (Å²) in [4.78, 5) is 17.5. The second-order valence-corrected chi connectivity index (χ2v) is 4.04. The molecule has 7 nitrogen and oxygen atoms in total. The zero-order chi connectivity index (χ0) is 13.0. The van der Waals surface area contributed by atoms with Crippen molar-refractivity contribution in [2.45, 2.75) is 6.04 Å². The zero-order valence-electron chi connectivity index (χ0n) is 10.3. The molecule has 0 saturated carbocycles. The van der Waals surface area contributed by atoms with Gasteiger partial charge in [-0.3, -0.25) is 14.8 Å². The molecule has 0 aromatic carbocycles. The Morgan fingerprint density at radius 1 is 1.61 bits per heavy atom. The Morgan fingerprint density at radius 2 is 2.44 bits per heavy atom. The number of furan rings is 1. The third-order valence-corrected chi connectivity index (χ3v) is 2.58. The van der Waals surface area contributed by atoms with Crippen LogP contribution in [0.1, 0.15) is 22.4 Å². The molecule has 1 unspecified atom stereocenters. The number of rotatable bonds is 5. The Labute approximate surface area is 104 Å². The molecule has 7 heteroatoms. The molecule has 0 aliphatic rings. The van der Waals surface area contributed by atoms with E-state index >= 15 is 0 Å².